The number of alkyl halides is 3. The van der Waals surface area contributed by atoms with E-state index in [0.717, 1.165) is 24.3 Å². The number of nitrogens with one attached hydrogen (secondary N) is 2. The van der Waals surface area contributed by atoms with Gasteiger partial charge in [-0.2, -0.15) is 13.2 Å². The minimum Gasteiger partial charge on any atom is -0.378 e. The van der Waals surface area contributed by atoms with Gasteiger partial charge in [0.05, 0.1) is 39.9 Å². The Morgan fingerprint density at radius 1 is 0.935 bits per heavy atom. The first-order chi connectivity index (χ1) is 14.4. The summed E-state index contributed by atoms with van der Waals surface area (Å²) >= 11 is 0. The van der Waals surface area contributed by atoms with Crippen molar-refractivity contribution < 1.29 is 34.7 Å². The van der Waals surface area contributed by atoms with Crippen LogP contribution >= 0.6 is 0 Å². The molecular formula is C18H20F3N3O5S2. The quantitative estimate of drug-likeness (QED) is 0.659. The first-order valence-electron chi connectivity index (χ1n) is 9.04. The van der Waals surface area contributed by atoms with Crippen molar-refractivity contribution in [1.82, 2.24) is 4.72 Å². The average molecular weight is 480 g/mol. The molecule has 0 aromatic heterocycles. The van der Waals surface area contributed by atoms with Crippen LogP contribution in [-0.2, 0) is 31.0 Å². The number of hydrogen-bond donors (Lipinski definition) is 2. The topological polar surface area (TPSA) is 105 Å². The highest BCUT2D eigenvalue weighted by atomic mass is 32.2. The standard InChI is InChI=1S/C18H20F3N3O5S2/c1-22-30(25,26)14-3-2-4-15(12-14)31(27,28)23-16-11-13(18(19,20)21)5-6-17(16)24-7-9-29-10-8-24/h2-6,11-12,22-23H,7-10H2,1H3. The van der Waals surface area contributed by atoms with Gasteiger partial charge >= 0.3 is 6.18 Å². The fraction of sp³-hybridized carbons (Fsp3) is 0.333. The third kappa shape index (κ3) is 5.29. The van der Waals surface area contributed by atoms with Crippen molar-refractivity contribution in [2.24, 2.45) is 0 Å². The van der Waals surface area contributed by atoms with E-state index in [2.05, 4.69) is 9.44 Å². The fourth-order valence-electron chi connectivity index (χ4n) is 3.00. The van der Waals surface area contributed by atoms with Gasteiger partial charge in [-0.05, 0) is 43.4 Å². The monoisotopic (exact) mass is 479 g/mol. The molecule has 2 N–H and O–H groups in total. The van der Waals surface area contributed by atoms with E-state index >= 15 is 0 Å². The molecule has 1 aliphatic rings. The van der Waals surface area contributed by atoms with Crippen molar-refractivity contribution in [2.75, 3.05) is 43.0 Å². The average Bonchev–Trinajstić information content (AvgIpc) is 2.73. The zero-order valence-corrected chi connectivity index (χ0v) is 17.9. The third-order valence-electron chi connectivity index (χ3n) is 4.61. The molecule has 170 valence electrons. The van der Waals surface area contributed by atoms with Gasteiger partial charge in [0, 0.05) is 13.1 Å². The van der Waals surface area contributed by atoms with Crippen LogP contribution in [0.2, 0.25) is 0 Å². The Bertz CT molecular complexity index is 1160. The largest absolute Gasteiger partial charge is 0.416 e. The van der Waals surface area contributed by atoms with Gasteiger partial charge in [-0.3, -0.25) is 4.72 Å². The van der Waals surface area contributed by atoms with Crippen molar-refractivity contribution in [3.63, 3.8) is 0 Å². The highest BCUT2D eigenvalue weighted by Gasteiger charge is 2.32. The molecule has 8 nitrogen and oxygen atoms in total. The Labute approximate surface area is 178 Å². The van der Waals surface area contributed by atoms with Crippen LogP contribution in [-0.4, -0.2) is 50.2 Å². The Morgan fingerprint density at radius 3 is 2.13 bits per heavy atom. The maximum absolute atomic E-state index is 13.2. The van der Waals surface area contributed by atoms with Crippen LogP contribution in [0.1, 0.15) is 5.56 Å². The second-order valence-corrected chi connectivity index (χ2v) is 10.2. The van der Waals surface area contributed by atoms with E-state index in [0.29, 0.717) is 26.3 Å². The van der Waals surface area contributed by atoms with Gasteiger partial charge < -0.3 is 9.64 Å². The molecule has 2 aromatic carbocycles. The zero-order chi connectivity index (χ0) is 22.9. The van der Waals surface area contributed by atoms with Crippen LogP contribution in [0.3, 0.4) is 0 Å². The van der Waals surface area contributed by atoms with E-state index in [1.54, 1.807) is 4.90 Å². The van der Waals surface area contributed by atoms with Crippen LogP contribution in [0, 0.1) is 0 Å². The van der Waals surface area contributed by atoms with Crippen LogP contribution in [0.25, 0.3) is 0 Å². The molecule has 31 heavy (non-hydrogen) atoms. The zero-order valence-electron chi connectivity index (χ0n) is 16.3. The van der Waals surface area contributed by atoms with Crippen molar-refractivity contribution in [3.05, 3.63) is 48.0 Å². The van der Waals surface area contributed by atoms with Crippen molar-refractivity contribution in [2.45, 2.75) is 16.0 Å². The van der Waals surface area contributed by atoms with E-state index in [-0.39, 0.29) is 16.3 Å². The molecular weight excluding hydrogens is 459 g/mol. The summed E-state index contributed by atoms with van der Waals surface area (Å²) < 4.78 is 99.0. The normalized spacial score (nSPS) is 15.7. The first-order valence-corrected chi connectivity index (χ1v) is 12.0. The summed E-state index contributed by atoms with van der Waals surface area (Å²) in [6.07, 6.45) is -4.68. The van der Waals surface area contributed by atoms with Gasteiger partial charge in [0.25, 0.3) is 10.0 Å². The fourth-order valence-corrected chi connectivity index (χ4v) is 4.97. The summed E-state index contributed by atoms with van der Waals surface area (Å²) in [5.74, 6) is 0. The molecule has 1 heterocycles. The lowest BCUT2D eigenvalue weighted by Crippen LogP contribution is -2.36. The molecule has 13 heteroatoms. The molecule has 1 saturated heterocycles. The van der Waals surface area contributed by atoms with Gasteiger partial charge in [-0.1, -0.05) is 6.07 Å². The minimum atomic E-state index is -4.68. The van der Waals surface area contributed by atoms with E-state index in [1.165, 1.54) is 25.2 Å². The summed E-state index contributed by atoms with van der Waals surface area (Å²) in [6.45, 7) is 1.43. The number of ether oxygens (including phenoxy) is 1. The predicted molar refractivity (Wildman–Crippen MR) is 108 cm³/mol. The van der Waals surface area contributed by atoms with Crippen molar-refractivity contribution in [1.29, 1.82) is 0 Å². The van der Waals surface area contributed by atoms with Gasteiger partial charge in [0.2, 0.25) is 10.0 Å². The van der Waals surface area contributed by atoms with Crippen LogP contribution in [0.5, 0.6) is 0 Å². The molecule has 0 atom stereocenters. The number of benzene rings is 2. The Morgan fingerprint density at radius 2 is 1.55 bits per heavy atom. The Balaban J connectivity index is 2.04. The number of morpholine rings is 1. The number of halogens is 3. The predicted octanol–water partition coefficient (Wildman–Crippen LogP) is 2.25. The van der Waals surface area contributed by atoms with Crippen LogP contribution in [0.15, 0.2) is 52.3 Å². The lowest BCUT2D eigenvalue weighted by molar-refractivity contribution is -0.137. The van der Waals surface area contributed by atoms with Gasteiger partial charge in [0.1, 0.15) is 0 Å². The first kappa shape index (κ1) is 23.3. The number of sulfonamides is 2. The van der Waals surface area contributed by atoms with Crippen LogP contribution in [0.4, 0.5) is 24.5 Å². The minimum absolute atomic E-state index is 0.263. The number of hydrogen-bond acceptors (Lipinski definition) is 6. The summed E-state index contributed by atoms with van der Waals surface area (Å²) in [5, 5.41) is 0. The smallest absolute Gasteiger partial charge is 0.378 e. The summed E-state index contributed by atoms with van der Waals surface area (Å²) in [7, 11) is -7.14. The lowest BCUT2D eigenvalue weighted by atomic mass is 10.1. The second kappa shape index (κ2) is 8.65. The maximum Gasteiger partial charge on any atom is 0.416 e. The highest BCUT2D eigenvalue weighted by molar-refractivity contribution is 7.93. The molecule has 0 spiro atoms. The number of nitrogens with zero attached hydrogens (tertiary/aromatic N) is 1. The van der Waals surface area contributed by atoms with E-state index < -0.39 is 36.7 Å². The highest BCUT2D eigenvalue weighted by Crippen LogP contribution is 2.36. The molecule has 0 unspecified atom stereocenters. The van der Waals surface area contributed by atoms with E-state index in [9.17, 15) is 30.0 Å². The molecule has 3 rings (SSSR count). The molecule has 0 aliphatic carbocycles. The third-order valence-corrected chi connectivity index (χ3v) is 7.39. The molecule has 0 bridgehead atoms. The van der Waals surface area contributed by atoms with Gasteiger partial charge in [-0.15, -0.1) is 0 Å². The van der Waals surface area contributed by atoms with Gasteiger partial charge in [0.15, 0.2) is 0 Å². The van der Waals surface area contributed by atoms with Gasteiger partial charge in [-0.25, -0.2) is 21.6 Å². The second-order valence-electron chi connectivity index (χ2n) is 6.62. The molecule has 0 saturated carbocycles. The molecule has 0 amide bonds. The Hall–Kier alpha value is -2.35. The van der Waals surface area contributed by atoms with Crippen molar-refractivity contribution in [3.8, 4) is 0 Å². The molecule has 1 fully saturated rings. The van der Waals surface area contributed by atoms with Crippen LogP contribution < -0.4 is 14.3 Å². The number of rotatable bonds is 6. The molecule has 2 aromatic rings. The van der Waals surface area contributed by atoms with Crippen molar-refractivity contribution >= 4 is 31.4 Å². The lowest BCUT2D eigenvalue weighted by Gasteiger charge is -2.31. The van der Waals surface area contributed by atoms with E-state index in [1.807, 2.05) is 0 Å². The summed E-state index contributed by atoms with van der Waals surface area (Å²) in [4.78, 5) is 1.01. The summed E-state index contributed by atoms with van der Waals surface area (Å²) in [5.41, 5.74) is -1.02. The SMILES string of the molecule is CNS(=O)(=O)c1cccc(S(=O)(=O)Nc2cc(C(F)(F)F)ccc2N2CCOCC2)c1. The Kier molecular flexibility index (Phi) is 6.51. The summed E-state index contributed by atoms with van der Waals surface area (Å²) in [6, 6.07) is 7.31. The maximum atomic E-state index is 13.2. The van der Waals surface area contributed by atoms with E-state index in [4.69, 9.17) is 4.74 Å². The number of anilines is 2. The molecule has 0 radical (unpaired) electrons. The molecule has 1 aliphatic heterocycles.